The molecule has 0 radical (unpaired) electrons. The number of rotatable bonds is 4. The van der Waals surface area contributed by atoms with Gasteiger partial charge in [0, 0.05) is 13.1 Å². The Hall–Kier alpha value is -0.750. The second-order valence-electron chi connectivity index (χ2n) is 5.37. The first-order valence-electron chi connectivity index (χ1n) is 6.45. The van der Waals surface area contributed by atoms with Gasteiger partial charge in [-0.3, -0.25) is 0 Å². The molecule has 6 heteroatoms. The summed E-state index contributed by atoms with van der Waals surface area (Å²) < 4.78 is 30.7. The number of carbonyl (C=O) groups is 1. The van der Waals surface area contributed by atoms with E-state index in [1.807, 2.05) is 11.9 Å². The molecule has 0 aromatic rings. The van der Waals surface area contributed by atoms with Gasteiger partial charge < -0.3 is 15.0 Å². The van der Waals surface area contributed by atoms with Gasteiger partial charge in [-0.2, -0.15) is 8.78 Å². The van der Waals surface area contributed by atoms with Crippen molar-refractivity contribution >= 4 is 5.97 Å². The van der Waals surface area contributed by atoms with Gasteiger partial charge in [0.15, 0.2) is 0 Å². The molecule has 2 fully saturated rings. The molecule has 2 saturated heterocycles. The lowest BCUT2D eigenvalue weighted by atomic mass is 9.99. The molecular weight excluding hydrogens is 242 g/mol. The quantitative estimate of drug-likeness (QED) is 0.763. The summed E-state index contributed by atoms with van der Waals surface area (Å²) in [6.07, 6.45) is 1.17. The summed E-state index contributed by atoms with van der Waals surface area (Å²) in [6, 6.07) is 0. The van der Waals surface area contributed by atoms with Crippen molar-refractivity contribution in [3.8, 4) is 0 Å². The smallest absolute Gasteiger partial charge is 0.377 e. The minimum absolute atomic E-state index is 0.387. The number of alkyl halides is 2. The highest BCUT2D eigenvalue weighted by Gasteiger charge is 2.50. The summed E-state index contributed by atoms with van der Waals surface area (Å²) in [6.45, 7) is 3.28. The molecule has 4 nitrogen and oxygen atoms in total. The maximum absolute atomic E-state index is 13.0. The van der Waals surface area contributed by atoms with Crippen LogP contribution in [-0.4, -0.2) is 56.1 Å². The summed E-state index contributed by atoms with van der Waals surface area (Å²) in [7, 11) is 1.89. The van der Waals surface area contributed by atoms with Gasteiger partial charge >= 0.3 is 11.9 Å². The van der Waals surface area contributed by atoms with E-state index in [4.69, 9.17) is 4.74 Å². The number of hydrogen-bond acceptors (Lipinski definition) is 4. The number of nitrogens with zero attached hydrogens (tertiary/aromatic N) is 1. The average Bonchev–Trinajstić information content (AvgIpc) is 2.53. The average molecular weight is 262 g/mol. The van der Waals surface area contributed by atoms with Crippen LogP contribution in [0.15, 0.2) is 0 Å². The fourth-order valence-corrected chi connectivity index (χ4v) is 2.69. The first-order chi connectivity index (χ1) is 8.47. The van der Waals surface area contributed by atoms with Crippen molar-refractivity contribution in [1.82, 2.24) is 10.2 Å². The standard InChI is InChI=1S/C12H20F2N2O2/c1-16(7-9-3-2-4-15-6-9)8-10-5-12(13,14)11(17)18-10/h9-10,15H,2-8H2,1H3. The van der Waals surface area contributed by atoms with E-state index in [0.717, 1.165) is 32.5 Å². The molecule has 0 aliphatic carbocycles. The molecule has 0 spiro atoms. The normalized spacial score (nSPS) is 31.7. The Balaban J connectivity index is 1.74. The van der Waals surface area contributed by atoms with E-state index in [0.29, 0.717) is 12.5 Å². The molecule has 0 bridgehead atoms. The number of carbonyl (C=O) groups excluding carboxylic acids is 1. The maximum atomic E-state index is 13.0. The van der Waals surface area contributed by atoms with Crippen LogP contribution in [0.5, 0.6) is 0 Å². The van der Waals surface area contributed by atoms with E-state index in [1.54, 1.807) is 0 Å². The zero-order valence-electron chi connectivity index (χ0n) is 10.6. The summed E-state index contributed by atoms with van der Waals surface area (Å²) in [4.78, 5) is 12.9. The largest absolute Gasteiger partial charge is 0.456 e. The van der Waals surface area contributed by atoms with Gasteiger partial charge in [0.1, 0.15) is 6.10 Å². The zero-order valence-corrected chi connectivity index (χ0v) is 10.6. The number of nitrogens with one attached hydrogen (secondary N) is 1. The summed E-state index contributed by atoms with van der Waals surface area (Å²) >= 11 is 0. The van der Waals surface area contributed by atoms with Gasteiger partial charge in [0.25, 0.3) is 0 Å². The van der Waals surface area contributed by atoms with Crippen LogP contribution in [0.1, 0.15) is 19.3 Å². The highest BCUT2D eigenvalue weighted by Crippen LogP contribution is 2.31. The predicted molar refractivity (Wildman–Crippen MR) is 62.5 cm³/mol. The minimum atomic E-state index is -3.29. The SMILES string of the molecule is CN(CC1CCCNC1)CC1CC(F)(F)C(=O)O1. The van der Waals surface area contributed by atoms with Crippen molar-refractivity contribution in [3.05, 3.63) is 0 Å². The van der Waals surface area contributed by atoms with Crippen LogP contribution in [0, 0.1) is 5.92 Å². The molecule has 18 heavy (non-hydrogen) atoms. The van der Waals surface area contributed by atoms with E-state index in [2.05, 4.69) is 5.32 Å². The topological polar surface area (TPSA) is 41.6 Å². The molecule has 2 aliphatic heterocycles. The van der Waals surface area contributed by atoms with Crippen LogP contribution in [0.3, 0.4) is 0 Å². The second-order valence-corrected chi connectivity index (χ2v) is 5.37. The predicted octanol–water partition coefficient (Wildman–Crippen LogP) is 0.869. The summed E-state index contributed by atoms with van der Waals surface area (Å²) in [5.41, 5.74) is 0. The lowest BCUT2D eigenvalue weighted by molar-refractivity contribution is -0.159. The van der Waals surface area contributed by atoms with Gasteiger partial charge in [-0.25, -0.2) is 4.79 Å². The van der Waals surface area contributed by atoms with Gasteiger partial charge in [-0.05, 0) is 38.9 Å². The highest BCUT2D eigenvalue weighted by atomic mass is 19.3. The first-order valence-corrected chi connectivity index (χ1v) is 6.45. The number of ether oxygens (including phenoxy) is 1. The van der Waals surface area contributed by atoms with Crippen molar-refractivity contribution in [2.75, 3.05) is 33.2 Å². The van der Waals surface area contributed by atoms with Crippen LogP contribution in [-0.2, 0) is 9.53 Å². The highest BCUT2D eigenvalue weighted by molar-refractivity contribution is 5.79. The molecule has 0 amide bonds. The molecule has 104 valence electrons. The van der Waals surface area contributed by atoms with Crippen molar-refractivity contribution in [3.63, 3.8) is 0 Å². The summed E-state index contributed by atoms with van der Waals surface area (Å²) in [5.74, 6) is -4.11. The van der Waals surface area contributed by atoms with Crippen molar-refractivity contribution in [2.24, 2.45) is 5.92 Å². The molecule has 2 rings (SSSR count). The lowest BCUT2D eigenvalue weighted by Crippen LogP contribution is -2.39. The fourth-order valence-electron chi connectivity index (χ4n) is 2.69. The third kappa shape index (κ3) is 3.38. The number of cyclic esters (lactones) is 1. The molecule has 0 aromatic carbocycles. The van der Waals surface area contributed by atoms with E-state index < -0.39 is 24.4 Å². The fraction of sp³-hybridized carbons (Fsp3) is 0.917. The van der Waals surface area contributed by atoms with Crippen molar-refractivity contribution < 1.29 is 18.3 Å². The second kappa shape index (κ2) is 5.48. The van der Waals surface area contributed by atoms with Gasteiger partial charge in [-0.15, -0.1) is 0 Å². The number of likely N-dealkylation sites (N-methyl/N-ethyl adjacent to an activating group) is 1. The molecule has 0 aromatic heterocycles. The van der Waals surface area contributed by atoms with E-state index in [-0.39, 0.29) is 0 Å². The molecular formula is C12H20F2N2O2. The third-order valence-electron chi connectivity index (χ3n) is 3.54. The number of halogens is 2. The Kier molecular flexibility index (Phi) is 4.17. The monoisotopic (exact) mass is 262 g/mol. The van der Waals surface area contributed by atoms with E-state index >= 15 is 0 Å². The maximum Gasteiger partial charge on any atom is 0.377 e. The van der Waals surface area contributed by atoms with Crippen molar-refractivity contribution in [1.29, 1.82) is 0 Å². The molecule has 2 aliphatic rings. The number of esters is 1. The van der Waals surface area contributed by atoms with Crippen LogP contribution >= 0.6 is 0 Å². The van der Waals surface area contributed by atoms with Gasteiger partial charge in [0.05, 0.1) is 6.42 Å². The van der Waals surface area contributed by atoms with Crippen LogP contribution < -0.4 is 5.32 Å². The molecule has 2 atom stereocenters. The zero-order chi connectivity index (χ0) is 13.2. The first kappa shape index (κ1) is 13.7. The van der Waals surface area contributed by atoms with Crippen LogP contribution in [0.2, 0.25) is 0 Å². The van der Waals surface area contributed by atoms with Crippen molar-refractivity contribution in [2.45, 2.75) is 31.3 Å². The van der Waals surface area contributed by atoms with Crippen LogP contribution in [0.25, 0.3) is 0 Å². The van der Waals surface area contributed by atoms with E-state index in [1.165, 1.54) is 0 Å². The van der Waals surface area contributed by atoms with Gasteiger partial charge in [0.2, 0.25) is 0 Å². The molecule has 2 heterocycles. The molecule has 1 N–H and O–H groups in total. The van der Waals surface area contributed by atoms with Crippen LogP contribution in [0.4, 0.5) is 8.78 Å². The number of hydrogen-bond donors (Lipinski definition) is 1. The van der Waals surface area contributed by atoms with Gasteiger partial charge in [-0.1, -0.05) is 0 Å². The molecule has 0 saturated carbocycles. The van der Waals surface area contributed by atoms with E-state index in [9.17, 15) is 13.6 Å². The Morgan fingerprint density at radius 2 is 2.28 bits per heavy atom. The Labute approximate surface area is 106 Å². The summed E-state index contributed by atoms with van der Waals surface area (Å²) in [5, 5.41) is 3.32. The number of piperidine rings is 1. The minimum Gasteiger partial charge on any atom is -0.456 e. The third-order valence-corrected chi connectivity index (χ3v) is 3.54. The Morgan fingerprint density at radius 3 is 2.83 bits per heavy atom. The molecule has 2 unspecified atom stereocenters. The lowest BCUT2D eigenvalue weighted by Gasteiger charge is -2.28. The Morgan fingerprint density at radius 1 is 1.50 bits per heavy atom. The Bertz CT molecular complexity index is 306.